The predicted molar refractivity (Wildman–Crippen MR) is 55.5 cm³/mol. The van der Waals surface area contributed by atoms with E-state index in [4.69, 9.17) is 0 Å². The summed E-state index contributed by atoms with van der Waals surface area (Å²) in [6.45, 7) is 2.30. The standard InChI is InChI=1S/C13H18/c1-11-4-7-12-5-2-3-6-13(12,10-11)9-8-12/h4,8-9H,2-3,5-7,10H2,1H3/t12-,13-/m0/s1. The fraction of sp³-hybridized carbons (Fsp3) is 0.692. The van der Waals surface area contributed by atoms with Gasteiger partial charge in [-0.1, -0.05) is 36.6 Å². The molecule has 13 heavy (non-hydrogen) atoms. The van der Waals surface area contributed by atoms with Crippen molar-refractivity contribution in [2.24, 2.45) is 10.8 Å². The van der Waals surface area contributed by atoms with Crippen LogP contribution in [0.5, 0.6) is 0 Å². The molecule has 3 aliphatic carbocycles. The van der Waals surface area contributed by atoms with Gasteiger partial charge < -0.3 is 0 Å². The lowest BCUT2D eigenvalue weighted by Crippen LogP contribution is -2.49. The Morgan fingerprint density at radius 1 is 1.08 bits per heavy atom. The summed E-state index contributed by atoms with van der Waals surface area (Å²) >= 11 is 0. The van der Waals surface area contributed by atoms with Gasteiger partial charge in [0.05, 0.1) is 0 Å². The Kier molecular flexibility index (Phi) is 1.38. The molecule has 0 heteroatoms. The lowest BCUT2D eigenvalue weighted by atomic mass is 9.45. The van der Waals surface area contributed by atoms with E-state index < -0.39 is 0 Å². The molecular formula is C13H18. The molecule has 3 rings (SSSR count). The van der Waals surface area contributed by atoms with Gasteiger partial charge in [-0.2, -0.15) is 0 Å². The molecule has 0 N–H and O–H groups in total. The molecule has 2 atom stereocenters. The quantitative estimate of drug-likeness (QED) is 0.489. The molecule has 0 aromatic heterocycles. The molecule has 70 valence electrons. The van der Waals surface area contributed by atoms with Crippen LogP contribution in [0.3, 0.4) is 0 Å². The van der Waals surface area contributed by atoms with Crippen LogP contribution in [0.2, 0.25) is 0 Å². The minimum atomic E-state index is 0.615. The van der Waals surface area contributed by atoms with Crippen LogP contribution >= 0.6 is 0 Å². The van der Waals surface area contributed by atoms with Crippen LogP contribution in [0, 0.1) is 10.8 Å². The molecule has 0 saturated heterocycles. The van der Waals surface area contributed by atoms with E-state index >= 15 is 0 Å². The summed E-state index contributed by atoms with van der Waals surface area (Å²) in [4.78, 5) is 0. The molecule has 0 aromatic rings. The van der Waals surface area contributed by atoms with Crippen molar-refractivity contribution >= 4 is 0 Å². The first-order valence-electron chi connectivity index (χ1n) is 5.63. The summed E-state index contributed by atoms with van der Waals surface area (Å²) in [6.07, 6.45) is 16.0. The van der Waals surface area contributed by atoms with Crippen LogP contribution in [-0.4, -0.2) is 0 Å². The van der Waals surface area contributed by atoms with Crippen LogP contribution in [0.4, 0.5) is 0 Å². The third kappa shape index (κ3) is 0.820. The van der Waals surface area contributed by atoms with E-state index in [0.29, 0.717) is 10.8 Å². The van der Waals surface area contributed by atoms with Gasteiger partial charge in [0, 0.05) is 10.8 Å². The summed E-state index contributed by atoms with van der Waals surface area (Å²) in [5.41, 5.74) is 2.86. The first-order valence-corrected chi connectivity index (χ1v) is 5.63. The van der Waals surface area contributed by atoms with Crippen LogP contribution in [-0.2, 0) is 0 Å². The maximum absolute atomic E-state index is 2.52. The maximum atomic E-state index is 2.52. The highest BCUT2D eigenvalue weighted by molar-refractivity contribution is 5.34. The van der Waals surface area contributed by atoms with Gasteiger partial charge in [-0.15, -0.1) is 0 Å². The molecule has 0 radical (unpaired) electrons. The third-order valence-corrected chi connectivity index (χ3v) is 4.62. The van der Waals surface area contributed by atoms with Gasteiger partial charge in [0.2, 0.25) is 0 Å². The fourth-order valence-electron chi connectivity index (χ4n) is 3.72. The van der Waals surface area contributed by atoms with Gasteiger partial charge in [0.1, 0.15) is 0 Å². The van der Waals surface area contributed by atoms with Crippen molar-refractivity contribution < 1.29 is 0 Å². The molecule has 0 aromatic carbocycles. The normalized spacial score (nSPS) is 47.3. The average molecular weight is 174 g/mol. The van der Waals surface area contributed by atoms with Gasteiger partial charge in [0.25, 0.3) is 0 Å². The van der Waals surface area contributed by atoms with Crippen LogP contribution < -0.4 is 0 Å². The Balaban J connectivity index is 2.02. The molecule has 3 aliphatic rings. The number of allylic oxidation sites excluding steroid dienone is 4. The van der Waals surface area contributed by atoms with E-state index in [0.717, 1.165) is 0 Å². The van der Waals surface area contributed by atoms with E-state index in [1.165, 1.54) is 38.5 Å². The highest BCUT2D eigenvalue weighted by Gasteiger charge is 2.55. The molecule has 0 bridgehead atoms. The number of hydrogen-bond donors (Lipinski definition) is 0. The third-order valence-electron chi connectivity index (χ3n) is 4.62. The Bertz CT molecular complexity index is 297. The van der Waals surface area contributed by atoms with Gasteiger partial charge in [0.15, 0.2) is 0 Å². The van der Waals surface area contributed by atoms with Crippen LogP contribution in [0.15, 0.2) is 23.8 Å². The SMILES string of the molecule is CC1=CC[C@@]23C=C[C@@]2(CCCC3)C1. The van der Waals surface area contributed by atoms with Crippen molar-refractivity contribution in [2.45, 2.75) is 45.4 Å². The van der Waals surface area contributed by atoms with Crippen molar-refractivity contribution in [3.8, 4) is 0 Å². The van der Waals surface area contributed by atoms with Gasteiger partial charge >= 0.3 is 0 Å². The van der Waals surface area contributed by atoms with Crippen molar-refractivity contribution in [3.63, 3.8) is 0 Å². The van der Waals surface area contributed by atoms with Gasteiger partial charge in [-0.05, 0) is 32.6 Å². The zero-order valence-electron chi connectivity index (χ0n) is 8.47. The molecule has 1 fully saturated rings. The molecule has 1 saturated carbocycles. The van der Waals surface area contributed by atoms with Crippen LogP contribution in [0.1, 0.15) is 45.4 Å². The fourth-order valence-corrected chi connectivity index (χ4v) is 3.72. The van der Waals surface area contributed by atoms with Gasteiger partial charge in [-0.25, -0.2) is 0 Å². The lowest BCUT2D eigenvalue weighted by molar-refractivity contribution is 0.0344. The van der Waals surface area contributed by atoms with E-state index in [1.807, 2.05) is 0 Å². The minimum Gasteiger partial charge on any atom is -0.0847 e. The minimum absolute atomic E-state index is 0.615. The average Bonchev–Trinajstić information content (AvgIpc) is 2.11. The van der Waals surface area contributed by atoms with E-state index in [9.17, 15) is 0 Å². The van der Waals surface area contributed by atoms with Crippen molar-refractivity contribution in [3.05, 3.63) is 23.8 Å². The van der Waals surface area contributed by atoms with E-state index in [2.05, 4.69) is 25.2 Å². The second kappa shape index (κ2) is 2.29. The van der Waals surface area contributed by atoms with Gasteiger partial charge in [-0.3, -0.25) is 0 Å². The Labute approximate surface area is 80.7 Å². The van der Waals surface area contributed by atoms with Crippen molar-refractivity contribution in [1.82, 2.24) is 0 Å². The summed E-state index contributed by atoms with van der Waals surface area (Å²) in [5, 5.41) is 0. The van der Waals surface area contributed by atoms with E-state index in [1.54, 1.807) is 5.57 Å². The lowest BCUT2D eigenvalue weighted by Gasteiger charge is -2.59. The van der Waals surface area contributed by atoms with E-state index in [-0.39, 0.29) is 0 Å². The molecule has 0 amide bonds. The van der Waals surface area contributed by atoms with Crippen LogP contribution in [0.25, 0.3) is 0 Å². The Morgan fingerprint density at radius 2 is 1.77 bits per heavy atom. The van der Waals surface area contributed by atoms with Crippen molar-refractivity contribution in [1.29, 1.82) is 0 Å². The topological polar surface area (TPSA) is 0 Å². The first kappa shape index (κ1) is 7.84. The highest BCUT2D eigenvalue weighted by atomic mass is 14.6. The molecular weight excluding hydrogens is 156 g/mol. The molecule has 0 aliphatic heterocycles. The number of rotatable bonds is 0. The zero-order valence-corrected chi connectivity index (χ0v) is 8.47. The smallest absolute Gasteiger partial charge is 0.00128 e. The van der Waals surface area contributed by atoms with Crippen molar-refractivity contribution in [2.75, 3.05) is 0 Å². The summed E-state index contributed by atoms with van der Waals surface area (Å²) in [6, 6.07) is 0. The summed E-state index contributed by atoms with van der Waals surface area (Å²) in [5.74, 6) is 0. The maximum Gasteiger partial charge on any atom is 0.00128 e. The molecule has 0 unspecified atom stereocenters. The highest BCUT2D eigenvalue weighted by Crippen LogP contribution is 2.65. The zero-order chi connectivity index (χ0) is 8.94. The molecule has 0 spiro atoms. The molecule has 0 nitrogen and oxygen atoms in total. The Morgan fingerprint density at radius 3 is 2.46 bits per heavy atom. The summed E-state index contributed by atoms with van der Waals surface area (Å²) in [7, 11) is 0. The second-order valence-corrected chi connectivity index (χ2v) is 5.28. The monoisotopic (exact) mass is 174 g/mol. The Hall–Kier alpha value is -0.520. The first-order chi connectivity index (χ1) is 6.27. The molecule has 0 heterocycles. The number of hydrogen-bond acceptors (Lipinski definition) is 0. The largest absolute Gasteiger partial charge is 0.0847 e. The summed E-state index contributed by atoms with van der Waals surface area (Å²) < 4.78 is 0. The second-order valence-electron chi connectivity index (χ2n) is 5.28. The predicted octanol–water partition coefficient (Wildman–Crippen LogP) is 3.84.